The van der Waals surface area contributed by atoms with Gasteiger partial charge in [-0.1, -0.05) is 19.4 Å². The third-order valence-electron chi connectivity index (χ3n) is 5.07. The van der Waals surface area contributed by atoms with Gasteiger partial charge in [-0.25, -0.2) is 4.98 Å². The van der Waals surface area contributed by atoms with Crippen LogP contribution in [0.5, 0.6) is 5.75 Å². The van der Waals surface area contributed by atoms with Crippen molar-refractivity contribution >= 4 is 34.0 Å². The molecule has 0 fully saturated rings. The fourth-order valence-corrected chi connectivity index (χ4v) is 4.55. The molecule has 1 aromatic carbocycles. The summed E-state index contributed by atoms with van der Waals surface area (Å²) in [5.41, 5.74) is 1.66. The fraction of sp³-hybridized carbons (Fsp3) is 0.318. The molecule has 0 bridgehead atoms. The van der Waals surface area contributed by atoms with E-state index in [0.717, 1.165) is 25.0 Å². The van der Waals surface area contributed by atoms with Gasteiger partial charge >= 0.3 is 0 Å². The highest BCUT2D eigenvalue weighted by atomic mass is 32.1. The minimum atomic E-state index is -0.354. The summed E-state index contributed by atoms with van der Waals surface area (Å²) in [6.45, 7) is 2.07. The molecule has 156 valence electrons. The van der Waals surface area contributed by atoms with Crippen LogP contribution in [0.2, 0.25) is 0 Å². The number of aromatic nitrogens is 1. The maximum absolute atomic E-state index is 12.3. The molecule has 2 amide bonds. The Hall–Kier alpha value is -3.13. The van der Waals surface area contributed by atoms with Crippen LogP contribution in [-0.4, -0.2) is 23.4 Å². The van der Waals surface area contributed by atoms with E-state index in [-0.39, 0.29) is 24.2 Å². The highest BCUT2D eigenvalue weighted by Crippen LogP contribution is 2.33. The molecule has 30 heavy (non-hydrogen) atoms. The monoisotopic (exact) mass is 425 g/mol. The molecule has 7 nitrogen and oxygen atoms in total. The molecule has 3 aromatic rings. The van der Waals surface area contributed by atoms with E-state index >= 15 is 0 Å². The van der Waals surface area contributed by atoms with Gasteiger partial charge in [0, 0.05) is 16.6 Å². The van der Waals surface area contributed by atoms with Gasteiger partial charge in [0.25, 0.3) is 11.8 Å². The molecular formula is C22H23N3O4S. The van der Waals surface area contributed by atoms with E-state index in [2.05, 4.69) is 22.5 Å². The van der Waals surface area contributed by atoms with Gasteiger partial charge < -0.3 is 14.5 Å². The summed E-state index contributed by atoms with van der Waals surface area (Å²) in [7, 11) is 0. The van der Waals surface area contributed by atoms with Gasteiger partial charge in [-0.05, 0) is 49.4 Å². The molecule has 4 rings (SSSR count). The van der Waals surface area contributed by atoms with Gasteiger partial charge in [-0.3, -0.25) is 14.9 Å². The predicted molar refractivity (Wildman–Crippen MR) is 115 cm³/mol. The smallest absolute Gasteiger partial charge is 0.291 e. The molecule has 0 spiro atoms. The van der Waals surface area contributed by atoms with Gasteiger partial charge in [0.05, 0.1) is 12.0 Å². The zero-order chi connectivity index (χ0) is 20.9. The Balaban J connectivity index is 1.30. The van der Waals surface area contributed by atoms with E-state index in [1.54, 1.807) is 47.7 Å². The third-order valence-corrected chi connectivity index (χ3v) is 6.11. The normalized spacial score (nSPS) is 15.3. The minimum absolute atomic E-state index is 0.141. The topological polar surface area (TPSA) is 93.5 Å². The Labute approximate surface area is 178 Å². The number of carbonyl (C=O) groups is 2. The first kappa shape index (κ1) is 20.2. The summed E-state index contributed by atoms with van der Waals surface area (Å²) < 4.78 is 10.7. The number of nitrogens with one attached hydrogen (secondary N) is 2. The molecule has 0 saturated heterocycles. The van der Waals surface area contributed by atoms with Crippen LogP contribution >= 0.6 is 11.3 Å². The molecule has 0 aliphatic heterocycles. The molecule has 2 heterocycles. The molecule has 1 atom stereocenters. The lowest BCUT2D eigenvalue weighted by atomic mass is 9.89. The zero-order valence-corrected chi connectivity index (χ0v) is 17.5. The molecule has 1 aliphatic rings. The van der Waals surface area contributed by atoms with Crippen LogP contribution < -0.4 is 15.4 Å². The second kappa shape index (κ2) is 9.13. The summed E-state index contributed by atoms with van der Waals surface area (Å²) in [5.74, 6) is 0.792. The van der Waals surface area contributed by atoms with Gasteiger partial charge in [0.2, 0.25) is 0 Å². The van der Waals surface area contributed by atoms with Crippen molar-refractivity contribution in [3.05, 3.63) is 59.0 Å². The largest absolute Gasteiger partial charge is 0.484 e. The Morgan fingerprint density at radius 1 is 1.27 bits per heavy atom. The van der Waals surface area contributed by atoms with Crippen LogP contribution in [0.1, 0.15) is 40.9 Å². The van der Waals surface area contributed by atoms with Gasteiger partial charge in [-0.15, -0.1) is 11.3 Å². The molecule has 8 heteroatoms. The molecule has 2 N–H and O–H groups in total. The Kier molecular flexibility index (Phi) is 6.13. The van der Waals surface area contributed by atoms with Gasteiger partial charge in [0.1, 0.15) is 5.75 Å². The Morgan fingerprint density at radius 2 is 2.17 bits per heavy atom. The lowest BCUT2D eigenvalue weighted by Gasteiger charge is -2.18. The zero-order valence-electron chi connectivity index (χ0n) is 16.6. The number of ether oxygens (including phenoxy) is 1. The first-order chi connectivity index (χ1) is 14.6. The summed E-state index contributed by atoms with van der Waals surface area (Å²) >= 11 is 1.56. The number of thiazole rings is 1. The van der Waals surface area contributed by atoms with Crippen LogP contribution in [0, 0.1) is 5.92 Å². The molecule has 0 radical (unpaired) electrons. The number of rotatable bonds is 7. The standard InChI is InChI=1S/C22H23N3O4S/c1-2-14-8-9-17-19(11-14)30-22(24-17)25-20(26)13-29-16-6-3-5-15(12-16)23-21(27)18-7-4-10-28-18/h3-7,10,12,14H,2,8-9,11,13H2,1H3,(H,23,27)(H,24,25,26). The van der Waals surface area contributed by atoms with E-state index in [1.165, 1.54) is 17.6 Å². The van der Waals surface area contributed by atoms with Crippen LogP contribution in [0.25, 0.3) is 0 Å². The molecule has 2 aromatic heterocycles. The maximum Gasteiger partial charge on any atom is 0.291 e. The van der Waals surface area contributed by atoms with Gasteiger partial charge in [0.15, 0.2) is 17.5 Å². The van der Waals surface area contributed by atoms with E-state index in [0.29, 0.717) is 22.5 Å². The highest BCUT2D eigenvalue weighted by molar-refractivity contribution is 7.15. The van der Waals surface area contributed by atoms with Crippen molar-refractivity contribution in [1.82, 2.24) is 4.98 Å². The first-order valence-electron chi connectivity index (χ1n) is 9.97. The number of hydrogen-bond acceptors (Lipinski definition) is 6. The predicted octanol–water partition coefficient (Wildman–Crippen LogP) is 4.52. The quantitative estimate of drug-likeness (QED) is 0.580. The van der Waals surface area contributed by atoms with E-state index < -0.39 is 0 Å². The second-order valence-corrected chi connectivity index (χ2v) is 8.29. The summed E-state index contributed by atoms with van der Waals surface area (Å²) in [4.78, 5) is 30.2. The fourth-order valence-electron chi connectivity index (χ4n) is 3.41. The maximum atomic E-state index is 12.3. The molecule has 1 aliphatic carbocycles. The number of fused-ring (bicyclic) bond motifs is 1. The van der Waals surface area contributed by atoms with Gasteiger partial charge in [-0.2, -0.15) is 0 Å². The highest BCUT2D eigenvalue weighted by Gasteiger charge is 2.22. The summed E-state index contributed by atoms with van der Waals surface area (Å²) in [6.07, 6.45) is 5.80. The first-order valence-corrected chi connectivity index (χ1v) is 10.8. The average molecular weight is 426 g/mol. The van der Waals surface area contributed by atoms with Crippen LogP contribution in [0.4, 0.5) is 10.8 Å². The summed E-state index contributed by atoms with van der Waals surface area (Å²) in [5, 5.41) is 6.19. The minimum Gasteiger partial charge on any atom is -0.484 e. The Bertz CT molecular complexity index is 1030. The number of nitrogens with zero attached hydrogens (tertiary/aromatic N) is 1. The van der Waals surface area contributed by atoms with E-state index in [9.17, 15) is 9.59 Å². The van der Waals surface area contributed by atoms with Crippen molar-refractivity contribution in [2.45, 2.75) is 32.6 Å². The number of furan rings is 1. The van der Waals surface area contributed by atoms with E-state index in [4.69, 9.17) is 9.15 Å². The van der Waals surface area contributed by atoms with Crippen molar-refractivity contribution in [3.63, 3.8) is 0 Å². The van der Waals surface area contributed by atoms with Crippen LogP contribution in [0.15, 0.2) is 47.1 Å². The van der Waals surface area contributed by atoms with Crippen molar-refractivity contribution < 1.29 is 18.7 Å². The lowest BCUT2D eigenvalue weighted by Crippen LogP contribution is -2.20. The van der Waals surface area contributed by atoms with Crippen LogP contribution in [0.3, 0.4) is 0 Å². The summed E-state index contributed by atoms with van der Waals surface area (Å²) in [6, 6.07) is 10.1. The number of aryl methyl sites for hydroxylation is 1. The molecule has 1 unspecified atom stereocenters. The number of benzene rings is 1. The van der Waals surface area contributed by atoms with E-state index in [1.807, 2.05) is 0 Å². The number of amides is 2. The van der Waals surface area contributed by atoms with Crippen LogP contribution in [-0.2, 0) is 17.6 Å². The van der Waals surface area contributed by atoms with Crippen molar-refractivity contribution in [1.29, 1.82) is 0 Å². The molecule has 0 saturated carbocycles. The second-order valence-electron chi connectivity index (χ2n) is 7.20. The van der Waals surface area contributed by atoms with Crippen molar-refractivity contribution in [2.24, 2.45) is 5.92 Å². The third kappa shape index (κ3) is 4.88. The lowest BCUT2D eigenvalue weighted by molar-refractivity contribution is -0.118. The number of carbonyl (C=O) groups excluding carboxylic acids is 2. The number of hydrogen-bond donors (Lipinski definition) is 2. The molecular weight excluding hydrogens is 402 g/mol. The van der Waals surface area contributed by atoms with Crippen molar-refractivity contribution in [2.75, 3.05) is 17.2 Å². The number of anilines is 2. The Morgan fingerprint density at radius 3 is 2.97 bits per heavy atom. The SMILES string of the molecule is CCC1CCc2nc(NC(=O)COc3cccc(NC(=O)c4ccco4)c3)sc2C1. The van der Waals surface area contributed by atoms with Crippen molar-refractivity contribution in [3.8, 4) is 5.75 Å². The average Bonchev–Trinajstić information content (AvgIpc) is 3.41.